The highest BCUT2D eigenvalue weighted by atomic mass is 32.2. The van der Waals surface area contributed by atoms with Crippen molar-refractivity contribution in [1.82, 2.24) is 31.3 Å². The summed E-state index contributed by atoms with van der Waals surface area (Å²) in [5, 5.41) is 33.2. The third-order valence-electron chi connectivity index (χ3n) is 7.42. The number of fused-ring (bicyclic) bond motifs is 1. The summed E-state index contributed by atoms with van der Waals surface area (Å²) in [5.74, 6) is -0.430. The van der Waals surface area contributed by atoms with Crippen LogP contribution < -0.4 is 36.0 Å². The second-order valence-corrected chi connectivity index (χ2v) is 13.2. The molecule has 2 rings (SSSR count). The molecule has 0 fully saturated rings. The van der Waals surface area contributed by atoms with Gasteiger partial charge in [-0.1, -0.05) is 13.3 Å². The summed E-state index contributed by atoms with van der Waals surface area (Å²) < 4.78 is 35.2. The predicted molar refractivity (Wildman–Crippen MR) is 167 cm³/mol. The van der Waals surface area contributed by atoms with Crippen molar-refractivity contribution < 1.29 is 23.1 Å². The predicted octanol–water partition coefficient (Wildman–Crippen LogP) is 1.52. The number of sulfonamides is 1. The van der Waals surface area contributed by atoms with Crippen molar-refractivity contribution in [3.63, 3.8) is 0 Å². The van der Waals surface area contributed by atoms with Gasteiger partial charge < -0.3 is 36.4 Å². The minimum Gasteiger partial charge on any atom is -0.487 e. The Hall–Kier alpha value is -2.45. The number of rotatable bonds is 20. The number of hydrogen-bond donors (Lipinski definition) is 8. The molecule has 0 saturated heterocycles. The van der Waals surface area contributed by atoms with Crippen LogP contribution in [0.2, 0.25) is 0 Å². The molecule has 8 N–H and O–H groups in total. The first-order valence-electron chi connectivity index (χ1n) is 15.0. The number of nitrogens with one attached hydrogen (secondary N) is 7. The molecule has 0 aromatic heterocycles. The Labute approximate surface area is 252 Å². The van der Waals surface area contributed by atoms with Gasteiger partial charge in [-0.3, -0.25) is 10.2 Å². The Morgan fingerprint density at radius 3 is 2.31 bits per heavy atom. The van der Waals surface area contributed by atoms with Crippen LogP contribution in [0, 0.1) is 26.2 Å². The summed E-state index contributed by atoms with van der Waals surface area (Å²) in [6, 6.07) is 0.0349. The summed E-state index contributed by atoms with van der Waals surface area (Å²) in [6.07, 6.45) is 4.35. The number of guanidine groups is 1. The normalized spacial score (nSPS) is 14.7. The van der Waals surface area contributed by atoms with E-state index in [1.807, 2.05) is 20.8 Å². The first-order valence-corrected chi connectivity index (χ1v) is 16.5. The molecule has 240 valence electrons. The molecular formula is C29H53N7O5S. The standard InChI is InChI=1S/C29H53N7O5S/c1-7-8-11-31-13-14-32-15-16-34-23(18-33-19-25(37)38)10-9-12-35-28(30)36-42(39,40)27-21(3)20(2)26-24(22(27)4)17-29(5,6)41-26/h23,31-34H,7-19H2,1-6H3,(H,37,38)(H3,30,35,36). The summed E-state index contributed by atoms with van der Waals surface area (Å²) in [7, 11) is -3.98. The molecule has 1 aliphatic rings. The second-order valence-electron chi connectivity index (χ2n) is 11.6. The van der Waals surface area contributed by atoms with Crippen molar-refractivity contribution >= 4 is 22.0 Å². The monoisotopic (exact) mass is 611 g/mol. The molecule has 42 heavy (non-hydrogen) atoms. The fourth-order valence-electron chi connectivity index (χ4n) is 5.15. The molecule has 0 spiro atoms. The summed E-state index contributed by atoms with van der Waals surface area (Å²) >= 11 is 0. The molecular weight excluding hydrogens is 558 g/mol. The number of carboxylic acid groups (broad SMARTS) is 1. The van der Waals surface area contributed by atoms with Gasteiger partial charge in [-0.05, 0) is 77.1 Å². The molecule has 1 aliphatic heterocycles. The number of hydrogen-bond acceptors (Lipinski definition) is 9. The lowest BCUT2D eigenvalue weighted by molar-refractivity contribution is -0.135. The van der Waals surface area contributed by atoms with Gasteiger partial charge in [-0.25, -0.2) is 13.1 Å². The average Bonchev–Trinajstić information content (AvgIpc) is 3.23. The van der Waals surface area contributed by atoms with E-state index in [0.29, 0.717) is 37.1 Å². The molecule has 1 atom stereocenters. The van der Waals surface area contributed by atoms with Gasteiger partial charge >= 0.3 is 5.97 Å². The lowest BCUT2D eigenvalue weighted by Crippen LogP contribution is -2.44. The van der Waals surface area contributed by atoms with Crippen molar-refractivity contribution in [1.29, 1.82) is 5.41 Å². The SMILES string of the molecule is CCCCNCCNCCNC(CCCNC(=N)NS(=O)(=O)c1c(C)c(C)c2c(c1C)CC(C)(C)O2)CNCC(=O)O. The van der Waals surface area contributed by atoms with Crippen LogP contribution in [0.25, 0.3) is 0 Å². The van der Waals surface area contributed by atoms with E-state index in [1.54, 1.807) is 13.8 Å². The van der Waals surface area contributed by atoms with E-state index in [-0.39, 0.29) is 23.4 Å². The maximum atomic E-state index is 13.4. The van der Waals surface area contributed by atoms with Gasteiger partial charge in [0.15, 0.2) is 0 Å². The second kappa shape index (κ2) is 17.0. The molecule has 0 radical (unpaired) electrons. The third-order valence-corrected chi connectivity index (χ3v) is 9.04. The number of carboxylic acids is 1. The van der Waals surface area contributed by atoms with E-state index in [2.05, 4.69) is 38.2 Å². The maximum absolute atomic E-state index is 13.4. The fourth-order valence-corrected chi connectivity index (χ4v) is 6.68. The Kier molecular flexibility index (Phi) is 14.5. The highest BCUT2D eigenvalue weighted by Gasteiger charge is 2.36. The van der Waals surface area contributed by atoms with E-state index in [4.69, 9.17) is 15.3 Å². The quantitative estimate of drug-likeness (QED) is 0.0613. The van der Waals surface area contributed by atoms with Crippen LogP contribution in [-0.2, 0) is 21.2 Å². The number of carbonyl (C=O) groups is 1. The van der Waals surface area contributed by atoms with Gasteiger partial charge in [0.25, 0.3) is 10.0 Å². The fraction of sp³-hybridized carbons (Fsp3) is 0.724. The van der Waals surface area contributed by atoms with E-state index in [0.717, 1.165) is 56.0 Å². The largest absolute Gasteiger partial charge is 0.487 e. The van der Waals surface area contributed by atoms with Gasteiger partial charge in [-0.15, -0.1) is 0 Å². The first-order chi connectivity index (χ1) is 19.8. The molecule has 0 bridgehead atoms. The van der Waals surface area contributed by atoms with Crippen molar-refractivity contribution in [2.45, 2.75) is 90.2 Å². The lowest BCUT2D eigenvalue weighted by atomic mass is 9.94. The van der Waals surface area contributed by atoms with Crippen molar-refractivity contribution in [3.8, 4) is 5.75 Å². The minimum absolute atomic E-state index is 0.0349. The lowest BCUT2D eigenvalue weighted by Gasteiger charge is -2.20. The van der Waals surface area contributed by atoms with Crippen LogP contribution >= 0.6 is 0 Å². The zero-order valence-electron chi connectivity index (χ0n) is 26.3. The smallest absolute Gasteiger partial charge is 0.317 e. The van der Waals surface area contributed by atoms with E-state index in [9.17, 15) is 13.2 Å². The summed E-state index contributed by atoms with van der Waals surface area (Å²) in [5.41, 5.74) is 2.58. The van der Waals surface area contributed by atoms with Crippen molar-refractivity contribution in [2.75, 3.05) is 52.4 Å². The number of ether oxygens (including phenoxy) is 1. The summed E-state index contributed by atoms with van der Waals surface area (Å²) in [6.45, 7) is 16.7. The van der Waals surface area contributed by atoms with Crippen LogP contribution in [0.3, 0.4) is 0 Å². The van der Waals surface area contributed by atoms with E-state index >= 15 is 0 Å². The van der Waals surface area contributed by atoms with Crippen LogP contribution in [0.15, 0.2) is 4.90 Å². The molecule has 1 unspecified atom stereocenters. The Morgan fingerprint density at radius 2 is 1.64 bits per heavy atom. The Morgan fingerprint density at radius 1 is 0.976 bits per heavy atom. The molecule has 0 saturated carbocycles. The highest BCUT2D eigenvalue weighted by molar-refractivity contribution is 7.90. The zero-order chi connectivity index (χ0) is 31.3. The molecule has 1 aromatic rings. The molecule has 1 aromatic carbocycles. The summed E-state index contributed by atoms with van der Waals surface area (Å²) in [4.78, 5) is 11.1. The molecule has 12 nitrogen and oxygen atoms in total. The van der Waals surface area contributed by atoms with Crippen molar-refractivity contribution in [3.05, 3.63) is 22.3 Å². The maximum Gasteiger partial charge on any atom is 0.317 e. The topological polar surface area (TPSA) is 177 Å². The van der Waals surface area contributed by atoms with Crippen molar-refractivity contribution in [2.24, 2.45) is 0 Å². The number of benzene rings is 1. The van der Waals surface area contributed by atoms with Crippen LogP contribution in [0.5, 0.6) is 5.75 Å². The van der Waals surface area contributed by atoms with E-state index < -0.39 is 21.6 Å². The first kappa shape index (κ1) is 35.7. The Bertz CT molecular complexity index is 1160. The molecule has 13 heteroatoms. The van der Waals surface area contributed by atoms with Gasteiger partial charge in [0, 0.05) is 57.3 Å². The van der Waals surface area contributed by atoms with Gasteiger partial charge in [0.1, 0.15) is 11.4 Å². The Balaban J connectivity index is 1.84. The van der Waals surface area contributed by atoms with Crippen LogP contribution in [0.1, 0.15) is 68.7 Å². The minimum atomic E-state index is -3.98. The third kappa shape index (κ3) is 11.3. The van der Waals surface area contributed by atoms with Gasteiger partial charge in [-0.2, -0.15) is 0 Å². The molecule has 0 aliphatic carbocycles. The van der Waals surface area contributed by atoms with Gasteiger partial charge in [0.2, 0.25) is 5.96 Å². The van der Waals surface area contributed by atoms with Gasteiger partial charge in [0.05, 0.1) is 11.4 Å². The van der Waals surface area contributed by atoms with Crippen LogP contribution in [0.4, 0.5) is 0 Å². The number of unbranched alkanes of at least 4 members (excludes halogenated alkanes) is 1. The van der Waals surface area contributed by atoms with Crippen LogP contribution in [-0.4, -0.2) is 89.5 Å². The van der Waals surface area contributed by atoms with E-state index in [1.165, 1.54) is 12.8 Å². The number of aliphatic carboxylic acids is 1. The average molecular weight is 612 g/mol. The zero-order valence-corrected chi connectivity index (χ0v) is 27.1. The molecule has 1 heterocycles. The molecule has 0 amide bonds. The highest BCUT2D eigenvalue weighted by Crippen LogP contribution is 2.43.